The van der Waals surface area contributed by atoms with Gasteiger partial charge >= 0.3 is 19.8 Å². The van der Waals surface area contributed by atoms with Crippen molar-refractivity contribution in [2.45, 2.75) is 174 Å². The Balaban J connectivity index is 4.11. The molecule has 0 unspecified atom stereocenters. The van der Waals surface area contributed by atoms with Crippen LogP contribution in [0.5, 0.6) is 0 Å². The fraction of sp³-hybridized carbons (Fsp3) is 0.674. The first kappa shape index (κ1) is 49.5. The van der Waals surface area contributed by atoms with Gasteiger partial charge in [-0.1, -0.05) is 151 Å². The molecule has 8 nitrogen and oxygen atoms in total. The summed E-state index contributed by atoms with van der Waals surface area (Å²) in [5.41, 5.74) is 0. The molecule has 0 aromatic heterocycles. The Hall–Kier alpha value is -2.51. The van der Waals surface area contributed by atoms with E-state index in [2.05, 4.69) is 79.1 Å². The van der Waals surface area contributed by atoms with E-state index in [9.17, 15) is 14.2 Å². The third kappa shape index (κ3) is 40.3. The molecule has 2 N–H and O–H groups in total. The van der Waals surface area contributed by atoms with Gasteiger partial charge in [0.1, 0.15) is 6.61 Å². The van der Waals surface area contributed by atoms with Crippen LogP contribution in [0.3, 0.4) is 0 Å². The van der Waals surface area contributed by atoms with Gasteiger partial charge in [-0.2, -0.15) is 0 Å². The Bertz CT molecular complexity index is 1070. The maximum absolute atomic E-state index is 12.4. The zero-order chi connectivity index (χ0) is 38.2. The van der Waals surface area contributed by atoms with Crippen molar-refractivity contribution in [1.82, 2.24) is 0 Å². The first-order valence-corrected chi connectivity index (χ1v) is 21.8. The molecule has 0 saturated heterocycles. The zero-order valence-electron chi connectivity index (χ0n) is 32.7. The van der Waals surface area contributed by atoms with Crippen LogP contribution < -0.4 is 0 Å². The van der Waals surface area contributed by atoms with Gasteiger partial charge in [-0.05, 0) is 77.0 Å². The summed E-state index contributed by atoms with van der Waals surface area (Å²) in [5.74, 6) is -1.00. The van der Waals surface area contributed by atoms with Crippen molar-refractivity contribution < 1.29 is 37.9 Å². The Labute approximate surface area is 317 Å². The topological polar surface area (TPSA) is 119 Å². The minimum Gasteiger partial charge on any atom is -0.462 e. The molecule has 0 bridgehead atoms. The molecular formula is C43H73O8P. The highest BCUT2D eigenvalue weighted by molar-refractivity contribution is 7.46. The number of rotatable bonds is 36. The molecule has 0 aromatic carbocycles. The SMILES string of the molecule is CCCCC/C=C/C/C=C/C/C=C/C/C=C/C/C=C/CCC(=O)O[C@H](COC(=O)CCCCC/C=C/CCCCCCCCCC)COP(=O)(O)O. The fourth-order valence-electron chi connectivity index (χ4n) is 5.17. The first-order chi connectivity index (χ1) is 25.3. The van der Waals surface area contributed by atoms with Crippen molar-refractivity contribution in [3.05, 3.63) is 72.9 Å². The lowest BCUT2D eigenvalue weighted by Gasteiger charge is -2.18. The summed E-state index contributed by atoms with van der Waals surface area (Å²) in [5, 5.41) is 0. The van der Waals surface area contributed by atoms with E-state index >= 15 is 0 Å². The van der Waals surface area contributed by atoms with E-state index < -0.39 is 32.5 Å². The van der Waals surface area contributed by atoms with Gasteiger partial charge in [0.25, 0.3) is 0 Å². The molecule has 0 aliphatic heterocycles. The van der Waals surface area contributed by atoms with Gasteiger partial charge in [0.05, 0.1) is 6.61 Å². The van der Waals surface area contributed by atoms with Crippen molar-refractivity contribution in [2.24, 2.45) is 0 Å². The Morgan fingerprint density at radius 2 is 0.904 bits per heavy atom. The fourth-order valence-corrected chi connectivity index (χ4v) is 5.53. The van der Waals surface area contributed by atoms with E-state index in [4.69, 9.17) is 19.3 Å². The van der Waals surface area contributed by atoms with Gasteiger partial charge in [-0.25, -0.2) is 4.57 Å². The Morgan fingerprint density at radius 1 is 0.500 bits per heavy atom. The van der Waals surface area contributed by atoms with Gasteiger partial charge in [-0.3, -0.25) is 14.1 Å². The molecule has 0 heterocycles. The number of hydrogen-bond donors (Lipinski definition) is 2. The third-order valence-corrected chi connectivity index (χ3v) is 8.70. The molecule has 0 aliphatic carbocycles. The molecule has 298 valence electrons. The molecule has 0 aromatic rings. The van der Waals surface area contributed by atoms with Crippen molar-refractivity contribution in [3.63, 3.8) is 0 Å². The second-order valence-corrected chi connectivity index (χ2v) is 14.5. The summed E-state index contributed by atoms with van der Waals surface area (Å²) in [6, 6.07) is 0. The third-order valence-electron chi connectivity index (χ3n) is 8.21. The van der Waals surface area contributed by atoms with Crippen LogP contribution in [0.2, 0.25) is 0 Å². The zero-order valence-corrected chi connectivity index (χ0v) is 33.6. The van der Waals surface area contributed by atoms with E-state index in [0.717, 1.165) is 51.4 Å². The molecular weight excluding hydrogens is 675 g/mol. The van der Waals surface area contributed by atoms with E-state index in [1.165, 1.54) is 77.0 Å². The second kappa shape index (κ2) is 38.2. The average molecular weight is 749 g/mol. The monoisotopic (exact) mass is 749 g/mol. The Kier molecular flexibility index (Phi) is 36.4. The number of esters is 2. The lowest BCUT2D eigenvalue weighted by molar-refractivity contribution is -0.161. The van der Waals surface area contributed by atoms with Crippen molar-refractivity contribution in [3.8, 4) is 0 Å². The number of ether oxygens (including phenoxy) is 2. The molecule has 1 atom stereocenters. The summed E-state index contributed by atoms with van der Waals surface area (Å²) in [7, 11) is -4.78. The summed E-state index contributed by atoms with van der Waals surface area (Å²) in [6.07, 6.45) is 49.2. The smallest absolute Gasteiger partial charge is 0.462 e. The number of phosphoric acid groups is 1. The highest BCUT2D eigenvalue weighted by Crippen LogP contribution is 2.35. The molecule has 0 saturated carbocycles. The van der Waals surface area contributed by atoms with Crippen molar-refractivity contribution >= 4 is 19.8 Å². The number of allylic oxidation sites excluding steroid dienone is 12. The lowest BCUT2D eigenvalue weighted by atomic mass is 10.1. The summed E-state index contributed by atoms with van der Waals surface area (Å²) in [4.78, 5) is 42.7. The average Bonchev–Trinajstić information content (AvgIpc) is 3.11. The van der Waals surface area contributed by atoms with Gasteiger partial charge in [0.2, 0.25) is 0 Å². The number of unbranched alkanes of at least 4 members (excludes halogenated alkanes) is 14. The molecule has 52 heavy (non-hydrogen) atoms. The van der Waals surface area contributed by atoms with Crippen LogP contribution in [0, 0.1) is 0 Å². The maximum atomic E-state index is 12.4. The normalized spacial score (nSPS) is 13.2. The van der Waals surface area contributed by atoms with Crippen molar-refractivity contribution in [1.29, 1.82) is 0 Å². The van der Waals surface area contributed by atoms with Gasteiger partial charge in [0, 0.05) is 12.8 Å². The largest absolute Gasteiger partial charge is 0.469 e. The van der Waals surface area contributed by atoms with E-state index in [1.54, 1.807) is 0 Å². The molecule has 0 spiro atoms. The standard InChI is InChI=1S/C43H73O8P/c1-3-5-7-9-11-13-15-17-19-20-21-22-24-26-28-30-32-34-36-38-43(45)51-41(40-50-52(46,47)48)39-49-42(44)37-35-33-31-29-27-25-23-18-16-14-12-10-8-6-4-2/h11,13,17,19,21-22,25-28,32,34,41H,3-10,12,14-16,18,20,23-24,29-31,33,35-40H2,1-2H3,(H2,46,47,48)/b13-11+,19-17+,22-21+,27-25+,28-26+,34-32+/t41-/m1/s1. The lowest BCUT2D eigenvalue weighted by Crippen LogP contribution is -2.29. The Morgan fingerprint density at radius 3 is 1.42 bits per heavy atom. The van der Waals surface area contributed by atoms with Crippen LogP contribution in [0.25, 0.3) is 0 Å². The molecule has 0 rings (SSSR count). The van der Waals surface area contributed by atoms with Crippen LogP contribution in [0.15, 0.2) is 72.9 Å². The van der Waals surface area contributed by atoms with E-state index in [1.807, 2.05) is 12.2 Å². The van der Waals surface area contributed by atoms with Crippen LogP contribution in [-0.2, 0) is 28.2 Å². The minimum absolute atomic E-state index is 0.0824. The predicted molar refractivity (Wildman–Crippen MR) is 216 cm³/mol. The van der Waals surface area contributed by atoms with Gasteiger partial charge < -0.3 is 19.3 Å². The second-order valence-electron chi connectivity index (χ2n) is 13.2. The molecule has 9 heteroatoms. The van der Waals surface area contributed by atoms with Crippen LogP contribution >= 0.6 is 7.82 Å². The molecule has 0 radical (unpaired) electrons. The van der Waals surface area contributed by atoms with Crippen LogP contribution in [0.4, 0.5) is 0 Å². The van der Waals surface area contributed by atoms with Crippen molar-refractivity contribution in [2.75, 3.05) is 13.2 Å². The summed E-state index contributed by atoms with van der Waals surface area (Å²) >= 11 is 0. The van der Waals surface area contributed by atoms with Crippen LogP contribution in [-0.4, -0.2) is 41.0 Å². The summed E-state index contributed by atoms with van der Waals surface area (Å²) < 4.78 is 26.3. The molecule has 0 amide bonds. The quantitative estimate of drug-likeness (QED) is 0.0281. The van der Waals surface area contributed by atoms with E-state index in [0.29, 0.717) is 12.8 Å². The number of carbonyl (C=O) groups excluding carboxylic acids is 2. The molecule has 0 aliphatic rings. The number of carbonyl (C=O) groups is 2. The highest BCUT2D eigenvalue weighted by atomic mass is 31.2. The van der Waals surface area contributed by atoms with Gasteiger partial charge in [-0.15, -0.1) is 0 Å². The highest BCUT2D eigenvalue weighted by Gasteiger charge is 2.22. The first-order valence-electron chi connectivity index (χ1n) is 20.2. The predicted octanol–water partition coefficient (Wildman–Crippen LogP) is 12.3. The van der Waals surface area contributed by atoms with Gasteiger partial charge in [0.15, 0.2) is 6.10 Å². The summed E-state index contributed by atoms with van der Waals surface area (Å²) in [6.45, 7) is 3.57. The maximum Gasteiger partial charge on any atom is 0.469 e. The number of phosphoric ester groups is 1. The number of hydrogen-bond acceptors (Lipinski definition) is 6. The van der Waals surface area contributed by atoms with E-state index in [-0.39, 0.29) is 19.4 Å². The van der Waals surface area contributed by atoms with Crippen LogP contribution in [0.1, 0.15) is 168 Å². The molecule has 0 fully saturated rings. The minimum atomic E-state index is -4.78.